The Bertz CT molecular complexity index is 696. The van der Waals surface area contributed by atoms with Crippen LogP contribution in [0, 0.1) is 6.92 Å². The van der Waals surface area contributed by atoms with Crippen LogP contribution < -0.4 is 0 Å². The lowest BCUT2D eigenvalue weighted by Gasteiger charge is -2.04. The standard InChI is InChI=1S/C18H17NS/c1-3-14-9-11-16(12-10-14)18-17(19-13(2)20-18)15-7-5-4-6-8-15/h4-12H,3H2,1-2H3. The van der Waals surface area contributed by atoms with E-state index in [9.17, 15) is 0 Å². The third kappa shape index (κ3) is 2.52. The Hall–Kier alpha value is -1.93. The monoisotopic (exact) mass is 279 g/mol. The molecule has 0 unspecified atom stereocenters. The molecule has 2 heteroatoms. The van der Waals surface area contributed by atoms with E-state index in [2.05, 4.69) is 62.4 Å². The maximum atomic E-state index is 4.72. The van der Waals surface area contributed by atoms with Crippen LogP contribution in [-0.4, -0.2) is 4.98 Å². The number of benzene rings is 2. The van der Waals surface area contributed by atoms with Gasteiger partial charge in [-0.05, 0) is 24.5 Å². The van der Waals surface area contributed by atoms with Gasteiger partial charge in [-0.3, -0.25) is 0 Å². The minimum atomic E-state index is 1.08. The lowest BCUT2D eigenvalue weighted by Crippen LogP contribution is -1.83. The van der Waals surface area contributed by atoms with Gasteiger partial charge < -0.3 is 0 Å². The van der Waals surface area contributed by atoms with Crippen molar-refractivity contribution in [2.75, 3.05) is 0 Å². The topological polar surface area (TPSA) is 12.9 Å². The van der Waals surface area contributed by atoms with Crippen LogP contribution in [0.15, 0.2) is 54.6 Å². The predicted octanol–water partition coefficient (Wildman–Crippen LogP) is 5.35. The van der Waals surface area contributed by atoms with Crippen LogP contribution in [-0.2, 0) is 6.42 Å². The second kappa shape index (κ2) is 5.59. The van der Waals surface area contributed by atoms with Gasteiger partial charge in [-0.25, -0.2) is 4.98 Å². The van der Waals surface area contributed by atoms with Gasteiger partial charge in [0.1, 0.15) is 0 Å². The number of hydrogen-bond acceptors (Lipinski definition) is 2. The van der Waals surface area contributed by atoms with Gasteiger partial charge in [0.05, 0.1) is 15.6 Å². The Labute approximate surface area is 124 Å². The highest BCUT2D eigenvalue weighted by Crippen LogP contribution is 2.36. The SMILES string of the molecule is CCc1ccc(-c2sc(C)nc2-c2ccccc2)cc1. The first-order valence-corrected chi connectivity index (χ1v) is 7.71. The first-order chi connectivity index (χ1) is 9.78. The van der Waals surface area contributed by atoms with Crippen LogP contribution in [0.2, 0.25) is 0 Å². The summed E-state index contributed by atoms with van der Waals surface area (Å²) in [6.45, 7) is 4.25. The molecule has 0 fully saturated rings. The molecular weight excluding hydrogens is 262 g/mol. The summed E-state index contributed by atoms with van der Waals surface area (Å²) >= 11 is 1.76. The van der Waals surface area contributed by atoms with Crippen LogP contribution in [0.4, 0.5) is 0 Å². The van der Waals surface area contributed by atoms with E-state index in [0.717, 1.165) is 17.1 Å². The molecule has 1 heterocycles. The summed E-state index contributed by atoms with van der Waals surface area (Å²) in [5.41, 5.74) is 4.91. The molecule has 20 heavy (non-hydrogen) atoms. The molecule has 0 amide bonds. The van der Waals surface area contributed by atoms with E-state index in [4.69, 9.17) is 4.98 Å². The van der Waals surface area contributed by atoms with Crippen molar-refractivity contribution in [3.63, 3.8) is 0 Å². The molecule has 0 N–H and O–H groups in total. The van der Waals surface area contributed by atoms with Crippen LogP contribution in [0.1, 0.15) is 17.5 Å². The van der Waals surface area contributed by atoms with Gasteiger partial charge >= 0.3 is 0 Å². The maximum absolute atomic E-state index is 4.72. The summed E-state index contributed by atoms with van der Waals surface area (Å²) < 4.78 is 0. The number of hydrogen-bond donors (Lipinski definition) is 0. The first kappa shape index (κ1) is 13.1. The smallest absolute Gasteiger partial charge is 0.0908 e. The van der Waals surface area contributed by atoms with Crippen molar-refractivity contribution in [2.24, 2.45) is 0 Å². The van der Waals surface area contributed by atoms with Crippen molar-refractivity contribution < 1.29 is 0 Å². The zero-order valence-electron chi connectivity index (χ0n) is 11.8. The fourth-order valence-corrected chi connectivity index (χ4v) is 3.25. The van der Waals surface area contributed by atoms with Crippen molar-refractivity contribution in [2.45, 2.75) is 20.3 Å². The number of aromatic nitrogens is 1. The Morgan fingerprint density at radius 3 is 2.25 bits per heavy atom. The molecule has 3 aromatic rings. The molecule has 0 saturated heterocycles. The average molecular weight is 279 g/mol. The lowest BCUT2D eigenvalue weighted by molar-refractivity contribution is 1.14. The molecule has 2 aromatic carbocycles. The molecule has 0 aliphatic carbocycles. The molecular formula is C18H17NS. The molecule has 0 aliphatic heterocycles. The fraction of sp³-hybridized carbons (Fsp3) is 0.167. The van der Waals surface area contributed by atoms with Gasteiger partial charge in [0.15, 0.2) is 0 Å². The number of rotatable bonds is 3. The van der Waals surface area contributed by atoms with Crippen molar-refractivity contribution in [3.8, 4) is 21.7 Å². The van der Waals surface area contributed by atoms with Gasteiger partial charge in [-0.15, -0.1) is 11.3 Å². The van der Waals surface area contributed by atoms with E-state index in [1.54, 1.807) is 11.3 Å². The van der Waals surface area contributed by atoms with E-state index in [1.165, 1.54) is 21.6 Å². The molecule has 0 atom stereocenters. The summed E-state index contributed by atoms with van der Waals surface area (Å²) in [7, 11) is 0. The highest BCUT2D eigenvalue weighted by Gasteiger charge is 2.12. The minimum absolute atomic E-state index is 1.08. The third-order valence-electron chi connectivity index (χ3n) is 3.41. The number of nitrogens with zero attached hydrogens (tertiary/aromatic N) is 1. The lowest BCUT2D eigenvalue weighted by atomic mass is 10.0. The zero-order valence-corrected chi connectivity index (χ0v) is 12.6. The van der Waals surface area contributed by atoms with Crippen molar-refractivity contribution in [1.82, 2.24) is 4.98 Å². The normalized spacial score (nSPS) is 10.7. The van der Waals surface area contributed by atoms with Crippen LogP contribution in [0.5, 0.6) is 0 Å². The second-order valence-corrected chi connectivity index (χ2v) is 6.03. The summed E-state index contributed by atoms with van der Waals surface area (Å²) in [5.74, 6) is 0. The summed E-state index contributed by atoms with van der Waals surface area (Å²) in [6, 6.07) is 19.2. The zero-order chi connectivity index (χ0) is 13.9. The van der Waals surface area contributed by atoms with E-state index < -0.39 is 0 Å². The van der Waals surface area contributed by atoms with Gasteiger partial charge in [0.2, 0.25) is 0 Å². The second-order valence-electron chi connectivity index (χ2n) is 4.83. The van der Waals surface area contributed by atoms with E-state index in [-0.39, 0.29) is 0 Å². The highest BCUT2D eigenvalue weighted by atomic mass is 32.1. The van der Waals surface area contributed by atoms with Crippen LogP contribution >= 0.6 is 11.3 Å². The van der Waals surface area contributed by atoms with Crippen molar-refractivity contribution in [1.29, 1.82) is 0 Å². The largest absolute Gasteiger partial charge is 0.241 e. The molecule has 0 aliphatic rings. The van der Waals surface area contributed by atoms with Gasteiger partial charge in [0, 0.05) is 5.56 Å². The highest BCUT2D eigenvalue weighted by molar-refractivity contribution is 7.15. The van der Waals surface area contributed by atoms with Crippen LogP contribution in [0.25, 0.3) is 21.7 Å². The number of aryl methyl sites for hydroxylation is 2. The summed E-state index contributed by atoms with van der Waals surface area (Å²) in [4.78, 5) is 5.98. The fourth-order valence-electron chi connectivity index (χ4n) is 2.31. The number of thiazole rings is 1. The Morgan fingerprint density at radius 2 is 1.60 bits per heavy atom. The molecule has 1 nitrogen and oxygen atoms in total. The molecule has 100 valence electrons. The van der Waals surface area contributed by atoms with Crippen molar-refractivity contribution >= 4 is 11.3 Å². The molecule has 0 spiro atoms. The molecule has 0 radical (unpaired) electrons. The quantitative estimate of drug-likeness (QED) is 0.630. The Kier molecular flexibility index (Phi) is 3.66. The molecule has 3 rings (SSSR count). The van der Waals surface area contributed by atoms with Crippen LogP contribution in [0.3, 0.4) is 0 Å². The first-order valence-electron chi connectivity index (χ1n) is 6.90. The third-order valence-corrected chi connectivity index (χ3v) is 4.43. The minimum Gasteiger partial charge on any atom is -0.241 e. The average Bonchev–Trinajstić information content (AvgIpc) is 2.90. The van der Waals surface area contributed by atoms with E-state index >= 15 is 0 Å². The van der Waals surface area contributed by atoms with Gasteiger partial charge in [-0.1, -0.05) is 61.5 Å². The summed E-state index contributed by atoms with van der Waals surface area (Å²) in [5, 5.41) is 1.11. The van der Waals surface area contributed by atoms with Gasteiger partial charge in [-0.2, -0.15) is 0 Å². The Balaban J connectivity index is 2.09. The molecule has 0 bridgehead atoms. The van der Waals surface area contributed by atoms with E-state index in [1.807, 2.05) is 6.07 Å². The summed E-state index contributed by atoms with van der Waals surface area (Å²) in [6.07, 6.45) is 1.08. The molecule has 0 saturated carbocycles. The Morgan fingerprint density at radius 1 is 0.900 bits per heavy atom. The predicted molar refractivity (Wildman–Crippen MR) is 87.1 cm³/mol. The molecule has 1 aromatic heterocycles. The van der Waals surface area contributed by atoms with E-state index in [0.29, 0.717) is 0 Å². The van der Waals surface area contributed by atoms with Crippen molar-refractivity contribution in [3.05, 3.63) is 65.2 Å². The van der Waals surface area contributed by atoms with Gasteiger partial charge in [0.25, 0.3) is 0 Å². The maximum Gasteiger partial charge on any atom is 0.0908 e.